The van der Waals surface area contributed by atoms with Gasteiger partial charge < -0.3 is 0 Å². The Kier molecular flexibility index (Phi) is 4.54. The highest BCUT2D eigenvalue weighted by atomic mass is 79.9. The minimum Gasteiger partial charge on any atom is -0.219 e. The van der Waals surface area contributed by atoms with E-state index in [0.29, 0.717) is 9.79 Å². The summed E-state index contributed by atoms with van der Waals surface area (Å²) in [6.07, 6.45) is 0. The fourth-order valence-corrected chi connectivity index (χ4v) is 6.30. The number of benzene rings is 4. The van der Waals surface area contributed by atoms with Crippen molar-refractivity contribution < 1.29 is 8.42 Å². The monoisotopic (exact) mass is 478 g/mol. The molecule has 0 atom stereocenters. The molecule has 0 radical (unpaired) electrons. The number of rotatable bonds is 3. The van der Waals surface area contributed by atoms with Gasteiger partial charge in [-0.2, -0.15) is 0 Å². The van der Waals surface area contributed by atoms with Crippen LogP contribution in [0.2, 0.25) is 0 Å². The van der Waals surface area contributed by atoms with Gasteiger partial charge in [0.05, 0.1) is 9.79 Å². The van der Waals surface area contributed by atoms with Crippen molar-refractivity contribution in [3.05, 3.63) is 95.5 Å². The summed E-state index contributed by atoms with van der Waals surface area (Å²) in [5.41, 5.74) is 2.13. The number of halogens is 1. The second-order valence-corrected chi connectivity index (χ2v) is 10.7. The van der Waals surface area contributed by atoms with Crippen molar-refractivity contribution in [2.45, 2.75) is 9.79 Å². The lowest BCUT2D eigenvalue weighted by Crippen LogP contribution is -2.01. The van der Waals surface area contributed by atoms with Crippen LogP contribution >= 0.6 is 27.3 Å². The van der Waals surface area contributed by atoms with Crippen molar-refractivity contribution in [1.82, 2.24) is 0 Å². The van der Waals surface area contributed by atoms with Gasteiger partial charge in [0.15, 0.2) is 0 Å². The first-order valence-electron chi connectivity index (χ1n) is 9.05. The van der Waals surface area contributed by atoms with Crippen molar-refractivity contribution >= 4 is 57.3 Å². The molecule has 5 heteroatoms. The van der Waals surface area contributed by atoms with Gasteiger partial charge in [-0.15, -0.1) is 11.3 Å². The molecule has 0 bridgehead atoms. The molecule has 2 nitrogen and oxygen atoms in total. The van der Waals surface area contributed by atoms with Crippen molar-refractivity contribution in [2.24, 2.45) is 0 Å². The first kappa shape index (κ1) is 18.6. The second kappa shape index (κ2) is 7.10. The smallest absolute Gasteiger partial charge is 0.206 e. The third kappa shape index (κ3) is 3.19. The quantitative estimate of drug-likeness (QED) is 0.272. The Labute approximate surface area is 181 Å². The summed E-state index contributed by atoms with van der Waals surface area (Å²) in [7, 11) is -3.54. The molecule has 4 aromatic carbocycles. The Morgan fingerprint density at radius 3 is 2.00 bits per heavy atom. The van der Waals surface area contributed by atoms with Crippen LogP contribution in [0.25, 0.3) is 31.3 Å². The normalized spacial score (nSPS) is 11.9. The van der Waals surface area contributed by atoms with E-state index in [-0.39, 0.29) is 0 Å². The summed E-state index contributed by atoms with van der Waals surface area (Å²) in [6.45, 7) is 0. The van der Waals surface area contributed by atoms with E-state index < -0.39 is 9.84 Å². The van der Waals surface area contributed by atoms with E-state index in [1.807, 2.05) is 12.1 Å². The molecule has 29 heavy (non-hydrogen) atoms. The summed E-state index contributed by atoms with van der Waals surface area (Å²) in [5.74, 6) is 0. The number of thiophene rings is 1. The fraction of sp³-hybridized carbons (Fsp3) is 0. The molecule has 0 N–H and O–H groups in total. The molecule has 1 heterocycles. The Morgan fingerprint density at radius 1 is 0.655 bits per heavy atom. The van der Waals surface area contributed by atoms with Crippen LogP contribution in [0.15, 0.2) is 105 Å². The van der Waals surface area contributed by atoms with E-state index in [0.717, 1.165) is 15.6 Å². The molecule has 142 valence electrons. The lowest BCUT2D eigenvalue weighted by Gasteiger charge is -2.07. The second-order valence-electron chi connectivity index (χ2n) is 6.76. The van der Waals surface area contributed by atoms with Crippen LogP contribution in [0.5, 0.6) is 0 Å². The Hall–Kier alpha value is -2.47. The van der Waals surface area contributed by atoms with E-state index >= 15 is 0 Å². The summed E-state index contributed by atoms with van der Waals surface area (Å²) >= 11 is 5.11. The highest BCUT2D eigenvalue weighted by Crippen LogP contribution is 2.40. The maximum absolute atomic E-state index is 12.9. The van der Waals surface area contributed by atoms with Crippen LogP contribution in [0.1, 0.15) is 0 Å². The standard InChI is InChI=1S/C24H15BrO2S2/c25-17-10-14-19(15-11-17)29(26,27)18-12-8-16(9-13-18)20-5-3-6-22-21-4-1-2-7-23(21)28-24(20)22/h1-15H. The topological polar surface area (TPSA) is 34.1 Å². The average molecular weight is 479 g/mol. The molecule has 0 saturated carbocycles. The van der Waals surface area contributed by atoms with E-state index in [2.05, 4.69) is 58.4 Å². The van der Waals surface area contributed by atoms with Gasteiger partial charge in [0, 0.05) is 24.6 Å². The van der Waals surface area contributed by atoms with Crippen molar-refractivity contribution in [3.63, 3.8) is 0 Å². The van der Waals surface area contributed by atoms with Crippen LogP contribution in [-0.2, 0) is 9.84 Å². The predicted molar refractivity (Wildman–Crippen MR) is 124 cm³/mol. The molecule has 0 aliphatic rings. The molecule has 0 amide bonds. The average Bonchev–Trinajstić information content (AvgIpc) is 3.13. The largest absolute Gasteiger partial charge is 0.219 e. The molecule has 5 rings (SSSR count). The highest BCUT2D eigenvalue weighted by Gasteiger charge is 2.18. The minimum absolute atomic E-state index is 0.292. The zero-order valence-corrected chi connectivity index (χ0v) is 18.4. The fourth-order valence-electron chi connectivity index (χ4n) is 3.54. The summed E-state index contributed by atoms with van der Waals surface area (Å²) in [4.78, 5) is 0.590. The molecule has 0 fully saturated rings. The number of fused-ring (bicyclic) bond motifs is 3. The lowest BCUT2D eigenvalue weighted by molar-refractivity contribution is 0.596. The molecule has 0 aliphatic carbocycles. The predicted octanol–water partition coefficient (Wildman–Crippen LogP) is 7.32. The van der Waals surface area contributed by atoms with E-state index in [1.54, 1.807) is 47.7 Å². The van der Waals surface area contributed by atoms with E-state index in [1.165, 1.54) is 20.2 Å². The zero-order chi connectivity index (χ0) is 20.0. The van der Waals surface area contributed by atoms with Crippen LogP contribution in [-0.4, -0.2) is 8.42 Å². The summed E-state index contributed by atoms with van der Waals surface area (Å²) in [5, 5.41) is 2.48. The van der Waals surface area contributed by atoms with Crippen LogP contribution in [0.3, 0.4) is 0 Å². The Morgan fingerprint density at radius 2 is 1.28 bits per heavy atom. The lowest BCUT2D eigenvalue weighted by atomic mass is 10.0. The first-order chi connectivity index (χ1) is 14.0. The van der Waals surface area contributed by atoms with Gasteiger partial charge in [0.2, 0.25) is 9.84 Å². The van der Waals surface area contributed by atoms with Gasteiger partial charge in [-0.25, -0.2) is 8.42 Å². The number of hydrogen-bond donors (Lipinski definition) is 0. The van der Waals surface area contributed by atoms with Crippen LogP contribution < -0.4 is 0 Å². The molecule has 5 aromatic rings. The number of hydrogen-bond acceptors (Lipinski definition) is 3. The Bertz CT molecular complexity index is 1450. The highest BCUT2D eigenvalue weighted by molar-refractivity contribution is 9.10. The van der Waals surface area contributed by atoms with Crippen molar-refractivity contribution in [1.29, 1.82) is 0 Å². The third-order valence-electron chi connectivity index (χ3n) is 5.00. The molecule has 0 saturated heterocycles. The molecule has 1 aromatic heterocycles. The van der Waals surface area contributed by atoms with Crippen LogP contribution in [0.4, 0.5) is 0 Å². The molecule has 0 aliphatic heterocycles. The van der Waals surface area contributed by atoms with Crippen LogP contribution in [0, 0.1) is 0 Å². The van der Waals surface area contributed by atoms with E-state index in [9.17, 15) is 8.42 Å². The first-order valence-corrected chi connectivity index (χ1v) is 12.1. The molecule has 0 unspecified atom stereocenters. The zero-order valence-electron chi connectivity index (χ0n) is 15.2. The Balaban J connectivity index is 1.60. The maximum atomic E-state index is 12.9. The molecule has 0 spiro atoms. The maximum Gasteiger partial charge on any atom is 0.206 e. The van der Waals surface area contributed by atoms with Crippen molar-refractivity contribution in [3.8, 4) is 11.1 Å². The van der Waals surface area contributed by atoms with Crippen molar-refractivity contribution in [2.75, 3.05) is 0 Å². The van der Waals surface area contributed by atoms with E-state index in [4.69, 9.17) is 0 Å². The van der Waals surface area contributed by atoms with Gasteiger partial charge in [-0.05, 0) is 53.6 Å². The summed E-state index contributed by atoms with van der Waals surface area (Å²) < 4.78 is 29.1. The van der Waals surface area contributed by atoms with Gasteiger partial charge >= 0.3 is 0 Å². The van der Waals surface area contributed by atoms with Gasteiger partial charge in [0.25, 0.3) is 0 Å². The van der Waals surface area contributed by atoms with Gasteiger partial charge in [0.1, 0.15) is 0 Å². The summed E-state index contributed by atoms with van der Waals surface area (Å²) in [6, 6.07) is 28.6. The number of sulfone groups is 1. The van der Waals surface area contributed by atoms with Gasteiger partial charge in [-0.1, -0.05) is 64.5 Å². The molecular weight excluding hydrogens is 464 g/mol. The minimum atomic E-state index is -3.54. The van der Waals surface area contributed by atoms with Gasteiger partial charge in [-0.3, -0.25) is 0 Å². The SMILES string of the molecule is O=S(=O)(c1ccc(Br)cc1)c1ccc(-c2cccc3c2sc2ccccc23)cc1. The third-order valence-corrected chi connectivity index (χ3v) is 8.54. The molecular formula is C24H15BrO2S2.